The molecular formula is C16H13N3O2. The maximum absolute atomic E-state index is 12.2. The minimum atomic E-state index is -0.286. The molecular weight excluding hydrogens is 266 g/mol. The number of nitrogens with zero attached hydrogens (tertiary/aromatic N) is 2. The molecule has 1 amide bonds. The molecule has 0 aliphatic heterocycles. The maximum atomic E-state index is 12.2. The monoisotopic (exact) mass is 279 g/mol. The third kappa shape index (κ3) is 2.81. The Hall–Kier alpha value is -2.95. The summed E-state index contributed by atoms with van der Waals surface area (Å²) in [5, 5.41) is 8.08. The van der Waals surface area contributed by atoms with Crippen LogP contribution < -0.4 is 10.9 Å². The van der Waals surface area contributed by atoms with Crippen LogP contribution in [0, 0.1) is 0 Å². The minimum absolute atomic E-state index is 0.113. The van der Waals surface area contributed by atoms with Gasteiger partial charge in [0, 0.05) is 11.1 Å². The van der Waals surface area contributed by atoms with Crippen molar-refractivity contribution in [2.45, 2.75) is 6.54 Å². The fraction of sp³-hybridized carbons (Fsp3) is 0.0625. The molecule has 0 atom stereocenters. The smallest absolute Gasteiger partial charge is 0.275 e. The van der Waals surface area contributed by atoms with Crippen LogP contribution in [0.5, 0.6) is 0 Å². The highest BCUT2D eigenvalue weighted by Gasteiger charge is 2.08. The van der Waals surface area contributed by atoms with Crippen molar-refractivity contribution in [3.8, 4) is 0 Å². The highest BCUT2D eigenvalue weighted by molar-refractivity contribution is 5.90. The molecule has 0 aliphatic carbocycles. The van der Waals surface area contributed by atoms with Crippen LogP contribution in [0.25, 0.3) is 10.8 Å². The Morgan fingerprint density at radius 2 is 1.76 bits per heavy atom. The van der Waals surface area contributed by atoms with Crippen molar-refractivity contribution >= 4 is 22.4 Å². The summed E-state index contributed by atoms with van der Waals surface area (Å²) in [6, 6.07) is 16.3. The zero-order valence-electron chi connectivity index (χ0n) is 11.2. The number of nitrogens with one attached hydrogen (secondary N) is 1. The van der Waals surface area contributed by atoms with Crippen molar-refractivity contribution in [2.24, 2.45) is 0 Å². The molecule has 3 aromatic rings. The molecule has 0 aliphatic rings. The number of aromatic nitrogens is 2. The number of fused-ring (bicyclic) bond motifs is 1. The molecule has 0 fully saturated rings. The van der Waals surface area contributed by atoms with Gasteiger partial charge in [-0.3, -0.25) is 9.59 Å². The second-order valence-electron chi connectivity index (χ2n) is 4.61. The van der Waals surface area contributed by atoms with Crippen LogP contribution in [0.15, 0.2) is 65.6 Å². The van der Waals surface area contributed by atoms with Crippen LogP contribution in [0.2, 0.25) is 0 Å². The third-order valence-corrected chi connectivity index (χ3v) is 3.11. The maximum Gasteiger partial charge on any atom is 0.275 e. The van der Waals surface area contributed by atoms with E-state index in [4.69, 9.17) is 0 Å². The number of benzene rings is 2. The molecule has 5 nitrogen and oxygen atoms in total. The standard InChI is InChI=1S/C16H13N3O2/c20-15(18-13-7-2-1-3-8-13)11-19-16(21)14-9-5-4-6-12(14)10-17-19/h1-10H,11H2,(H,18,20). The van der Waals surface area contributed by atoms with Gasteiger partial charge in [0.2, 0.25) is 5.91 Å². The van der Waals surface area contributed by atoms with Gasteiger partial charge in [-0.15, -0.1) is 0 Å². The fourth-order valence-corrected chi connectivity index (χ4v) is 2.10. The fourth-order valence-electron chi connectivity index (χ4n) is 2.10. The van der Waals surface area contributed by atoms with Crippen molar-refractivity contribution in [2.75, 3.05) is 5.32 Å². The molecule has 1 N–H and O–H groups in total. The summed E-state index contributed by atoms with van der Waals surface area (Å²) in [5.41, 5.74) is 0.424. The zero-order valence-corrected chi connectivity index (χ0v) is 11.2. The van der Waals surface area contributed by atoms with E-state index in [2.05, 4.69) is 10.4 Å². The zero-order chi connectivity index (χ0) is 14.7. The van der Waals surface area contributed by atoms with Crippen LogP contribution in [0.1, 0.15) is 0 Å². The van der Waals surface area contributed by atoms with E-state index in [0.29, 0.717) is 11.1 Å². The molecule has 0 bridgehead atoms. The first-order chi connectivity index (χ1) is 10.2. The Morgan fingerprint density at radius 1 is 1.05 bits per heavy atom. The van der Waals surface area contributed by atoms with Crippen molar-refractivity contribution in [3.63, 3.8) is 0 Å². The summed E-state index contributed by atoms with van der Waals surface area (Å²) in [6.07, 6.45) is 1.59. The average Bonchev–Trinajstić information content (AvgIpc) is 2.51. The van der Waals surface area contributed by atoms with Crippen LogP contribution in [-0.2, 0) is 11.3 Å². The topological polar surface area (TPSA) is 64.0 Å². The van der Waals surface area contributed by atoms with Gasteiger partial charge < -0.3 is 5.32 Å². The van der Waals surface area contributed by atoms with Crippen molar-refractivity contribution < 1.29 is 4.79 Å². The Bertz CT molecular complexity index is 841. The quantitative estimate of drug-likeness (QED) is 0.798. The molecule has 1 heterocycles. The lowest BCUT2D eigenvalue weighted by molar-refractivity contribution is -0.117. The van der Waals surface area contributed by atoms with Crippen LogP contribution in [-0.4, -0.2) is 15.7 Å². The van der Waals surface area contributed by atoms with Gasteiger partial charge in [0.05, 0.1) is 11.6 Å². The van der Waals surface area contributed by atoms with E-state index in [9.17, 15) is 9.59 Å². The molecule has 3 rings (SSSR count). The van der Waals surface area contributed by atoms with Gasteiger partial charge in [0.15, 0.2) is 0 Å². The third-order valence-electron chi connectivity index (χ3n) is 3.11. The minimum Gasteiger partial charge on any atom is -0.324 e. The van der Waals surface area contributed by atoms with Gasteiger partial charge in [-0.1, -0.05) is 36.4 Å². The number of rotatable bonds is 3. The van der Waals surface area contributed by atoms with Gasteiger partial charge in [-0.05, 0) is 18.2 Å². The summed E-state index contributed by atoms with van der Waals surface area (Å²) < 4.78 is 1.17. The lowest BCUT2D eigenvalue weighted by atomic mass is 10.2. The van der Waals surface area contributed by atoms with E-state index in [1.165, 1.54) is 4.68 Å². The van der Waals surface area contributed by atoms with Crippen molar-refractivity contribution in [3.05, 3.63) is 71.1 Å². The molecule has 0 radical (unpaired) electrons. The van der Waals surface area contributed by atoms with Gasteiger partial charge in [-0.2, -0.15) is 5.10 Å². The van der Waals surface area contributed by atoms with Gasteiger partial charge in [-0.25, -0.2) is 4.68 Å². The Balaban J connectivity index is 1.83. The lowest BCUT2D eigenvalue weighted by Gasteiger charge is -2.07. The normalized spacial score (nSPS) is 10.5. The Kier molecular flexibility index (Phi) is 3.47. The van der Waals surface area contributed by atoms with E-state index < -0.39 is 0 Å². The van der Waals surface area contributed by atoms with Crippen LogP contribution >= 0.6 is 0 Å². The van der Waals surface area contributed by atoms with E-state index >= 15 is 0 Å². The first-order valence-corrected chi connectivity index (χ1v) is 6.54. The van der Waals surface area contributed by atoms with Crippen LogP contribution in [0.4, 0.5) is 5.69 Å². The molecule has 5 heteroatoms. The number of para-hydroxylation sites is 1. The number of carbonyl (C=O) groups is 1. The second-order valence-corrected chi connectivity index (χ2v) is 4.61. The summed E-state index contributed by atoms with van der Waals surface area (Å²) in [5.74, 6) is -0.286. The highest BCUT2D eigenvalue weighted by Crippen LogP contribution is 2.07. The number of anilines is 1. The van der Waals surface area contributed by atoms with E-state index in [1.54, 1.807) is 30.5 Å². The largest absolute Gasteiger partial charge is 0.324 e. The first-order valence-electron chi connectivity index (χ1n) is 6.54. The predicted octanol–water partition coefficient (Wildman–Crippen LogP) is 2.04. The molecule has 0 spiro atoms. The Morgan fingerprint density at radius 3 is 2.57 bits per heavy atom. The number of amides is 1. The molecule has 0 saturated carbocycles. The van der Waals surface area contributed by atoms with Gasteiger partial charge in [0.25, 0.3) is 5.56 Å². The Labute approximate surface area is 120 Å². The van der Waals surface area contributed by atoms with E-state index in [-0.39, 0.29) is 18.0 Å². The average molecular weight is 279 g/mol. The van der Waals surface area contributed by atoms with E-state index in [0.717, 1.165) is 5.39 Å². The number of hydrogen-bond acceptors (Lipinski definition) is 3. The van der Waals surface area contributed by atoms with Crippen molar-refractivity contribution in [1.29, 1.82) is 0 Å². The lowest BCUT2D eigenvalue weighted by Crippen LogP contribution is -2.29. The van der Waals surface area contributed by atoms with Crippen molar-refractivity contribution in [1.82, 2.24) is 9.78 Å². The summed E-state index contributed by atoms with van der Waals surface area (Å²) >= 11 is 0. The molecule has 104 valence electrons. The summed E-state index contributed by atoms with van der Waals surface area (Å²) in [6.45, 7) is -0.113. The second kappa shape index (κ2) is 5.58. The van der Waals surface area contributed by atoms with Gasteiger partial charge >= 0.3 is 0 Å². The predicted molar refractivity (Wildman–Crippen MR) is 81.1 cm³/mol. The number of carbonyl (C=O) groups excluding carboxylic acids is 1. The number of hydrogen-bond donors (Lipinski definition) is 1. The van der Waals surface area contributed by atoms with Gasteiger partial charge in [0.1, 0.15) is 6.54 Å². The molecule has 0 unspecified atom stereocenters. The molecule has 2 aromatic carbocycles. The van der Waals surface area contributed by atoms with E-state index in [1.807, 2.05) is 30.3 Å². The SMILES string of the molecule is O=C(Cn1ncc2ccccc2c1=O)Nc1ccccc1. The molecule has 0 saturated heterocycles. The molecule has 1 aromatic heterocycles. The molecule has 21 heavy (non-hydrogen) atoms. The summed E-state index contributed by atoms with van der Waals surface area (Å²) in [4.78, 5) is 24.2. The highest BCUT2D eigenvalue weighted by atomic mass is 16.2. The van der Waals surface area contributed by atoms with Crippen LogP contribution in [0.3, 0.4) is 0 Å². The first kappa shape index (κ1) is 13.1. The summed E-state index contributed by atoms with van der Waals surface area (Å²) in [7, 11) is 0.